The lowest BCUT2D eigenvalue weighted by molar-refractivity contribution is 0.453. The quantitative estimate of drug-likeness (QED) is 0.654. The van der Waals surface area contributed by atoms with Crippen molar-refractivity contribution in [3.05, 3.63) is 65.6 Å². The third-order valence-corrected chi connectivity index (χ3v) is 5.50. The molecule has 1 N–H and O–H groups in total. The summed E-state index contributed by atoms with van der Waals surface area (Å²) in [6.45, 7) is 6.97. The summed E-state index contributed by atoms with van der Waals surface area (Å²) in [5, 5.41) is 3.43. The highest BCUT2D eigenvalue weighted by atomic mass is 15.0. The van der Waals surface area contributed by atoms with Crippen LogP contribution >= 0.6 is 0 Å². The van der Waals surface area contributed by atoms with E-state index in [0.29, 0.717) is 5.92 Å². The molecular weight excluding hydrogens is 360 g/mol. The van der Waals surface area contributed by atoms with E-state index in [0.717, 1.165) is 61.5 Å². The highest BCUT2D eigenvalue weighted by molar-refractivity contribution is 6.09. The van der Waals surface area contributed by atoms with Gasteiger partial charge in [0.25, 0.3) is 0 Å². The van der Waals surface area contributed by atoms with E-state index in [1.54, 1.807) is 0 Å². The molecule has 1 fully saturated rings. The van der Waals surface area contributed by atoms with E-state index in [2.05, 4.69) is 47.9 Å². The SMILES string of the molecule is C/C=C(\C=NCC)c1cnc2c(Cc3ccnc(C4CCNCC4)c3)nccn12. The van der Waals surface area contributed by atoms with Gasteiger partial charge in [-0.3, -0.25) is 19.4 Å². The van der Waals surface area contributed by atoms with E-state index in [1.165, 1.54) is 11.3 Å². The Morgan fingerprint density at radius 3 is 2.90 bits per heavy atom. The number of pyridine rings is 1. The van der Waals surface area contributed by atoms with Crippen molar-refractivity contribution in [2.75, 3.05) is 19.6 Å². The van der Waals surface area contributed by atoms with Crippen LogP contribution < -0.4 is 5.32 Å². The maximum absolute atomic E-state index is 4.68. The smallest absolute Gasteiger partial charge is 0.159 e. The minimum atomic E-state index is 0.549. The van der Waals surface area contributed by atoms with E-state index in [1.807, 2.05) is 44.8 Å². The Hall–Kier alpha value is -2.86. The average Bonchev–Trinajstić information content (AvgIpc) is 3.20. The molecule has 4 rings (SSSR count). The number of hydrogen-bond donors (Lipinski definition) is 1. The van der Waals surface area contributed by atoms with Gasteiger partial charge in [0.05, 0.1) is 17.6 Å². The Labute approximate surface area is 171 Å². The van der Waals surface area contributed by atoms with Gasteiger partial charge in [0.1, 0.15) is 0 Å². The van der Waals surface area contributed by atoms with Crippen LogP contribution in [0, 0.1) is 0 Å². The second-order valence-corrected chi connectivity index (χ2v) is 7.37. The van der Waals surface area contributed by atoms with Crippen LogP contribution in [0.5, 0.6) is 0 Å². The summed E-state index contributed by atoms with van der Waals surface area (Å²) >= 11 is 0. The minimum absolute atomic E-state index is 0.549. The lowest BCUT2D eigenvalue weighted by Gasteiger charge is -2.22. The molecule has 6 heteroatoms. The standard InChI is InChI=1S/C23H28N6/c1-3-18(15-24-4-2)22-16-28-23-21(27-11-12-29(22)23)14-17-5-10-26-20(13-17)19-6-8-25-9-7-19/h3,5,10-13,15-16,19,25H,4,6-9,14H2,1-2H3/b18-3+,24-15?. The maximum atomic E-state index is 4.68. The van der Waals surface area contributed by atoms with Gasteiger partial charge in [0.15, 0.2) is 5.65 Å². The monoisotopic (exact) mass is 388 g/mol. The molecule has 0 atom stereocenters. The molecule has 0 unspecified atom stereocenters. The molecule has 1 aliphatic rings. The van der Waals surface area contributed by atoms with Crippen LogP contribution in [0.15, 0.2) is 48.0 Å². The van der Waals surface area contributed by atoms with Crippen LogP contribution in [0.25, 0.3) is 11.2 Å². The molecule has 1 aliphatic heterocycles. The summed E-state index contributed by atoms with van der Waals surface area (Å²) in [4.78, 5) is 18.3. The van der Waals surface area contributed by atoms with E-state index < -0.39 is 0 Å². The van der Waals surface area contributed by atoms with Crippen molar-refractivity contribution >= 4 is 17.4 Å². The largest absolute Gasteiger partial charge is 0.317 e. The van der Waals surface area contributed by atoms with Gasteiger partial charge in [-0.2, -0.15) is 0 Å². The number of fused-ring (bicyclic) bond motifs is 1. The highest BCUT2D eigenvalue weighted by Gasteiger charge is 2.17. The van der Waals surface area contributed by atoms with Gasteiger partial charge in [-0.25, -0.2) is 4.98 Å². The molecule has 0 amide bonds. The molecule has 0 saturated carbocycles. The van der Waals surface area contributed by atoms with Crippen LogP contribution in [-0.4, -0.2) is 45.2 Å². The Morgan fingerprint density at radius 2 is 2.10 bits per heavy atom. The molecule has 6 nitrogen and oxygen atoms in total. The first-order chi connectivity index (χ1) is 14.3. The number of piperidine rings is 1. The van der Waals surface area contributed by atoms with Gasteiger partial charge < -0.3 is 5.32 Å². The Bertz CT molecular complexity index is 1030. The molecule has 1 saturated heterocycles. The first-order valence-electron chi connectivity index (χ1n) is 10.4. The minimum Gasteiger partial charge on any atom is -0.317 e. The zero-order chi connectivity index (χ0) is 20.1. The van der Waals surface area contributed by atoms with Crippen LogP contribution in [0.2, 0.25) is 0 Å². The summed E-state index contributed by atoms with van der Waals surface area (Å²) in [5.41, 5.74) is 6.41. The van der Waals surface area contributed by atoms with Gasteiger partial charge in [0, 0.05) is 55.0 Å². The highest BCUT2D eigenvalue weighted by Crippen LogP contribution is 2.25. The predicted octanol–water partition coefficient (Wildman–Crippen LogP) is 3.68. The van der Waals surface area contributed by atoms with Crippen LogP contribution in [0.4, 0.5) is 0 Å². The second-order valence-electron chi connectivity index (χ2n) is 7.37. The lowest BCUT2D eigenvalue weighted by Crippen LogP contribution is -2.27. The van der Waals surface area contributed by atoms with Crippen molar-refractivity contribution in [3.8, 4) is 0 Å². The Morgan fingerprint density at radius 1 is 1.24 bits per heavy atom. The molecule has 0 radical (unpaired) electrons. The Balaban J connectivity index is 1.63. The molecule has 0 bridgehead atoms. The number of aromatic nitrogens is 4. The zero-order valence-corrected chi connectivity index (χ0v) is 17.2. The zero-order valence-electron chi connectivity index (χ0n) is 17.2. The summed E-state index contributed by atoms with van der Waals surface area (Å²) < 4.78 is 2.11. The Kier molecular flexibility index (Phi) is 6.10. The maximum Gasteiger partial charge on any atom is 0.159 e. The number of aliphatic imine (C=N–C) groups is 1. The van der Waals surface area contributed by atoms with Crippen molar-refractivity contribution < 1.29 is 0 Å². The fourth-order valence-corrected chi connectivity index (χ4v) is 3.93. The molecule has 3 aromatic rings. The summed E-state index contributed by atoms with van der Waals surface area (Å²) in [7, 11) is 0. The fourth-order valence-electron chi connectivity index (χ4n) is 3.93. The molecule has 0 spiro atoms. The molecule has 29 heavy (non-hydrogen) atoms. The van der Waals surface area contributed by atoms with E-state index in [4.69, 9.17) is 0 Å². The number of allylic oxidation sites excluding steroid dienone is 2. The van der Waals surface area contributed by atoms with E-state index >= 15 is 0 Å². The summed E-state index contributed by atoms with van der Waals surface area (Å²) in [6, 6.07) is 4.33. The molecule has 0 aromatic carbocycles. The van der Waals surface area contributed by atoms with Crippen LogP contribution in [0.1, 0.15) is 55.3 Å². The number of nitrogens with one attached hydrogen (secondary N) is 1. The third kappa shape index (κ3) is 4.27. The molecule has 150 valence electrons. The molecule has 3 aromatic heterocycles. The van der Waals surface area contributed by atoms with Crippen LogP contribution in [-0.2, 0) is 6.42 Å². The van der Waals surface area contributed by atoms with Gasteiger partial charge in [-0.1, -0.05) is 6.08 Å². The third-order valence-electron chi connectivity index (χ3n) is 5.50. The van der Waals surface area contributed by atoms with Gasteiger partial charge in [-0.05, 0) is 57.5 Å². The number of hydrogen-bond acceptors (Lipinski definition) is 5. The predicted molar refractivity (Wildman–Crippen MR) is 118 cm³/mol. The van der Waals surface area contributed by atoms with Crippen molar-refractivity contribution in [1.82, 2.24) is 24.7 Å². The molecule has 4 heterocycles. The topological polar surface area (TPSA) is 67.5 Å². The van der Waals surface area contributed by atoms with Gasteiger partial charge in [0.2, 0.25) is 0 Å². The van der Waals surface area contributed by atoms with E-state index in [-0.39, 0.29) is 0 Å². The first kappa shape index (κ1) is 19.5. The van der Waals surface area contributed by atoms with E-state index in [9.17, 15) is 0 Å². The second kappa shape index (κ2) is 9.09. The van der Waals surface area contributed by atoms with Crippen molar-refractivity contribution in [3.63, 3.8) is 0 Å². The first-order valence-corrected chi connectivity index (χ1v) is 10.4. The van der Waals surface area contributed by atoms with Crippen molar-refractivity contribution in [2.24, 2.45) is 4.99 Å². The summed E-state index contributed by atoms with van der Waals surface area (Å²) in [6.07, 6.45) is 14.7. The molecular formula is C23H28N6. The lowest BCUT2D eigenvalue weighted by atomic mass is 9.93. The van der Waals surface area contributed by atoms with Crippen molar-refractivity contribution in [1.29, 1.82) is 0 Å². The van der Waals surface area contributed by atoms with Gasteiger partial charge in [-0.15, -0.1) is 0 Å². The number of nitrogens with zero attached hydrogens (tertiary/aromatic N) is 5. The van der Waals surface area contributed by atoms with Gasteiger partial charge >= 0.3 is 0 Å². The summed E-state index contributed by atoms with van der Waals surface area (Å²) in [5.74, 6) is 0.549. The number of rotatable bonds is 6. The fraction of sp³-hybridized carbons (Fsp3) is 0.391. The van der Waals surface area contributed by atoms with Crippen LogP contribution in [0.3, 0.4) is 0 Å². The molecule has 0 aliphatic carbocycles. The number of imidazole rings is 1. The normalized spacial score (nSPS) is 16.1. The van der Waals surface area contributed by atoms with Crippen molar-refractivity contribution in [2.45, 2.75) is 39.0 Å². The average molecular weight is 389 g/mol.